The molecule has 21 heavy (non-hydrogen) atoms. The highest BCUT2D eigenvalue weighted by Crippen LogP contribution is 2.19. The average molecular weight is 297 g/mol. The molecule has 0 fully saturated rings. The van der Waals surface area contributed by atoms with E-state index >= 15 is 0 Å². The second-order valence-corrected chi connectivity index (χ2v) is 5.70. The SMILES string of the molecule is C[C@@H](COC(=O)NC(C)(C)C)Oc1cc(F)ccc1C=O. The Morgan fingerprint density at radius 3 is 2.67 bits per heavy atom. The maximum atomic E-state index is 13.1. The van der Waals surface area contributed by atoms with Crippen LogP contribution in [0.3, 0.4) is 0 Å². The van der Waals surface area contributed by atoms with Gasteiger partial charge in [0, 0.05) is 11.6 Å². The van der Waals surface area contributed by atoms with E-state index in [0.717, 1.165) is 6.07 Å². The van der Waals surface area contributed by atoms with Crippen LogP contribution in [0.15, 0.2) is 18.2 Å². The Hall–Kier alpha value is -2.11. The molecule has 0 aliphatic rings. The fraction of sp³-hybridized carbons (Fsp3) is 0.467. The lowest BCUT2D eigenvalue weighted by molar-refractivity contribution is 0.0845. The molecule has 0 unspecified atom stereocenters. The summed E-state index contributed by atoms with van der Waals surface area (Å²) in [5, 5.41) is 2.64. The average Bonchev–Trinajstić information content (AvgIpc) is 2.35. The lowest BCUT2D eigenvalue weighted by Crippen LogP contribution is -2.41. The summed E-state index contributed by atoms with van der Waals surface area (Å²) in [5.74, 6) is -0.383. The number of hydrogen-bond donors (Lipinski definition) is 1. The number of carbonyl (C=O) groups is 2. The van der Waals surface area contributed by atoms with Crippen molar-refractivity contribution in [2.24, 2.45) is 0 Å². The van der Waals surface area contributed by atoms with Gasteiger partial charge >= 0.3 is 6.09 Å². The van der Waals surface area contributed by atoms with Crippen LogP contribution in [0.1, 0.15) is 38.1 Å². The normalized spacial score (nSPS) is 12.4. The number of amides is 1. The zero-order valence-electron chi connectivity index (χ0n) is 12.6. The highest BCUT2D eigenvalue weighted by Gasteiger charge is 2.16. The first-order valence-electron chi connectivity index (χ1n) is 6.57. The summed E-state index contributed by atoms with van der Waals surface area (Å²) in [6.07, 6.45) is -0.502. The van der Waals surface area contributed by atoms with Crippen molar-refractivity contribution in [1.82, 2.24) is 5.32 Å². The number of nitrogens with one attached hydrogen (secondary N) is 1. The molecule has 0 saturated carbocycles. The van der Waals surface area contributed by atoms with Crippen molar-refractivity contribution >= 4 is 12.4 Å². The summed E-state index contributed by atoms with van der Waals surface area (Å²) in [7, 11) is 0. The van der Waals surface area contributed by atoms with Crippen LogP contribution in [0.2, 0.25) is 0 Å². The first kappa shape index (κ1) is 16.9. The van der Waals surface area contributed by atoms with Gasteiger partial charge in [-0.15, -0.1) is 0 Å². The molecule has 0 bridgehead atoms. The molecule has 1 atom stereocenters. The van der Waals surface area contributed by atoms with Crippen LogP contribution < -0.4 is 10.1 Å². The van der Waals surface area contributed by atoms with Gasteiger partial charge in [-0.3, -0.25) is 4.79 Å². The Morgan fingerprint density at radius 2 is 2.10 bits per heavy atom. The zero-order chi connectivity index (χ0) is 16.0. The molecular formula is C15H20FNO4. The lowest BCUT2D eigenvalue weighted by Gasteiger charge is -2.21. The third-order valence-electron chi connectivity index (χ3n) is 2.36. The molecule has 0 aliphatic carbocycles. The molecule has 0 heterocycles. The van der Waals surface area contributed by atoms with Crippen molar-refractivity contribution in [3.8, 4) is 5.75 Å². The van der Waals surface area contributed by atoms with E-state index in [0.29, 0.717) is 6.29 Å². The predicted molar refractivity (Wildman–Crippen MR) is 76.1 cm³/mol. The van der Waals surface area contributed by atoms with Gasteiger partial charge in [-0.2, -0.15) is 0 Å². The van der Waals surface area contributed by atoms with Crippen LogP contribution in [-0.2, 0) is 4.74 Å². The Bertz CT molecular complexity index is 511. The standard InChI is InChI=1S/C15H20FNO4/c1-10(9-20-14(19)17-15(2,3)4)21-13-7-12(16)6-5-11(13)8-18/h5-8,10H,9H2,1-4H3,(H,17,19)/t10-/m0/s1. The molecule has 1 aromatic rings. The van der Waals surface area contributed by atoms with Gasteiger partial charge in [0.05, 0.1) is 5.56 Å². The van der Waals surface area contributed by atoms with Gasteiger partial charge < -0.3 is 14.8 Å². The number of halogens is 1. The highest BCUT2D eigenvalue weighted by atomic mass is 19.1. The van der Waals surface area contributed by atoms with Crippen LogP contribution in [0, 0.1) is 5.82 Å². The number of rotatable bonds is 5. The van der Waals surface area contributed by atoms with E-state index in [2.05, 4.69) is 5.32 Å². The second-order valence-electron chi connectivity index (χ2n) is 5.70. The van der Waals surface area contributed by atoms with Crippen LogP contribution in [0.5, 0.6) is 5.75 Å². The van der Waals surface area contributed by atoms with Gasteiger partial charge in [0.15, 0.2) is 6.29 Å². The first-order chi connectivity index (χ1) is 9.71. The number of alkyl carbamates (subject to hydrolysis) is 1. The molecule has 6 heteroatoms. The van der Waals surface area contributed by atoms with E-state index in [1.165, 1.54) is 12.1 Å². The summed E-state index contributed by atoms with van der Waals surface area (Å²) in [5.41, 5.74) is -0.156. The van der Waals surface area contributed by atoms with Crippen LogP contribution in [0.25, 0.3) is 0 Å². The molecule has 0 radical (unpaired) electrons. The molecular weight excluding hydrogens is 277 g/mol. The van der Waals surface area contributed by atoms with Gasteiger partial charge in [-0.25, -0.2) is 9.18 Å². The summed E-state index contributed by atoms with van der Waals surface area (Å²) in [6, 6.07) is 3.63. The van der Waals surface area contributed by atoms with E-state index in [-0.39, 0.29) is 17.9 Å². The fourth-order valence-electron chi connectivity index (χ4n) is 1.49. The van der Waals surface area contributed by atoms with E-state index in [1.54, 1.807) is 6.92 Å². The van der Waals surface area contributed by atoms with E-state index in [4.69, 9.17) is 9.47 Å². The van der Waals surface area contributed by atoms with Gasteiger partial charge in [-0.1, -0.05) is 0 Å². The van der Waals surface area contributed by atoms with Crippen LogP contribution >= 0.6 is 0 Å². The maximum absolute atomic E-state index is 13.1. The molecule has 0 aromatic heterocycles. The van der Waals surface area contributed by atoms with Gasteiger partial charge in [-0.05, 0) is 39.8 Å². The Labute approximate surface area is 123 Å². The molecule has 1 amide bonds. The minimum absolute atomic E-state index is 0.0171. The maximum Gasteiger partial charge on any atom is 0.407 e. The Morgan fingerprint density at radius 1 is 1.43 bits per heavy atom. The monoisotopic (exact) mass is 297 g/mol. The summed E-state index contributed by atoms with van der Waals surface area (Å²) < 4.78 is 23.6. The van der Waals surface area contributed by atoms with Crippen molar-refractivity contribution in [2.45, 2.75) is 39.3 Å². The van der Waals surface area contributed by atoms with E-state index in [9.17, 15) is 14.0 Å². The minimum Gasteiger partial charge on any atom is -0.486 e. The molecule has 1 N–H and O–H groups in total. The quantitative estimate of drug-likeness (QED) is 0.849. The fourth-order valence-corrected chi connectivity index (χ4v) is 1.49. The van der Waals surface area contributed by atoms with E-state index in [1.807, 2.05) is 20.8 Å². The largest absolute Gasteiger partial charge is 0.486 e. The van der Waals surface area contributed by atoms with Gasteiger partial charge in [0.2, 0.25) is 0 Å². The van der Waals surface area contributed by atoms with Crippen molar-refractivity contribution in [3.63, 3.8) is 0 Å². The molecule has 1 aromatic carbocycles. The van der Waals surface area contributed by atoms with Crippen molar-refractivity contribution < 1.29 is 23.5 Å². The van der Waals surface area contributed by atoms with Crippen molar-refractivity contribution in [2.75, 3.05) is 6.61 Å². The summed E-state index contributed by atoms with van der Waals surface area (Å²) in [6.45, 7) is 7.13. The first-order valence-corrected chi connectivity index (χ1v) is 6.57. The van der Waals surface area contributed by atoms with Crippen LogP contribution in [-0.4, -0.2) is 30.6 Å². The predicted octanol–water partition coefficient (Wildman–Crippen LogP) is 2.93. The number of aldehydes is 1. The molecule has 5 nitrogen and oxygen atoms in total. The number of ether oxygens (including phenoxy) is 2. The smallest absolute Gasteiger partial charge is 0.407 e. The number of carbonyl (C=O) groups excluding carboxylic acids is 2. The van der Waals surface area contributed by atoms with E-state index < -0.39 is 23.6 Å². The summed E-state index contributed by atoms with van der Waals surface area (Å²) >= 11 is 0. The Kier molecular flexibility index (Phi) is 5.69. The molecule has 0 spiro atoms. The van der Waals surface area contributed by atoms with Crippen molar-refractivity contribution in [1.29, 1.82) is 0 Å². The zero-order valence-corrected chi connectivity index (χ0v) is 12.6. The molecule has 0 saturated heterocycles. The third-order valence-corrected chi connectivity index (χ3v) is 2.36. The van der Waals surface area contributed by atoms with Crippen LogP contribution in [0.4, 0.5) is 9.18 Å². The van der Waals surface area contributed by atoms with Gasteiger partial charge in [0.1, 0.15) is 24.3 Å². The number of benzene rings is 1. The highest BCUT2D eigenvalue weighted by molar-refractivity contribution is 5.79. The topological polar surface area (TPSA) is 64.6 Å². The molecule has 1 rings (SSSR count). The minimum atomic E-state index is -0.562. The van der Waals surface area contributed by atoms with Gasteiger partial charge in [0.25, 0.3) is 0 Å². The molecule has 0 aliphatic heterocycles. The lowest BCUT2D eigenvalue weighted by atomic mass is 10.1. The second kappa shape index (κ2) is 7.06. The summed E-state index contributed by atoms with van der Waals surface area (Å²) in [4.78, 5) is 22.3. The third kappa shape index (κ3) is 6.25. The molecule has 116 valence electrons. The Balaban J connectivity index is 2.54. The van der Waals surface area contributed by atoms with Crippen molar-refractivity contribution in [3.05, 3.63) is 29.6 Å². The number of hydrogen-bond acceptors (Lipinski definition) is 4.